The van der Waals surface area contributed by atoms with E-state index in [-0.39, 0.29) is 5.56 Å². The van der Waals surface area contributed by atoms with Crippen molar-refractivity contribution in [3.8, 4) is 0 Å². The zero-order valence-corrected chi connectivity index (χ0v) is 11.2. The van der Waals surface area contributed by atoms with Gasteiger partial charge in [-0.2, -0.15) is 0 Å². The molecule has 2 aromatic rings. The largest absolute Gasteiger partial charge is 0.478 e. The van der Waals surface area contributed by atoms with Gasteiger partial charge >= 0.3 is 5.97 Å². The molecule has 98 valence electrons. The van der Waals surface area contributed by atoms with Gasteiger partial charge < -0.3 is 9.67 Å². The van der Waals surface area contributed by atoms with Crippen molar-refractivity contribution in [1.82, 2.24) is 4.57 Å². The molecule has 5 heteroatoms. The van der Waals surface area contributed by atoms with Crippen molar-refractivity contribution in [3.63, 3.8) is 0 Å². The molecule has 1 aromatic carbocycles. The van der Waals surface area contributed by atoms with Gasteiger partial charge in [-0.05, 0) is 24.6 Å². The second-order valence-corrected chi connectivity index (χ2v) is 4.62. The number of aryl methyl sites for hydroxylation is 2. The summed E-state index contributed by atoms with van der Waals surface area (Å²) in [7, 11) is 1.62. The Kier molecular flexibility index (Phi) is 3.44. The maximum Gasteiger partial charge on any atom is 0.328 e. The number of benzene rings is 1. The summed E-state index contributed by atoms with van der Waals surface area (Å²) in [5.74, 6) is -1.09. The van der Waals surface area contributed by atoms with E-state index in [0.717, 1.165) is 17.0 Å². The number of carboxylic acid groups (broad SMARTS) is 1. The maximum atomic E-state index is 12.2. The summed E-state index contributed by atoms with van der Waals surface area (Å²) in [5, 5.41) is 9.99. The fourth-order valence-electron chi connectivity index (χ4n) is 2.10. The van der Waals surface area contributed by atoms with E-state index in [1.807, 2.05) is 6.07 Å². The average Bonchev–Trinajstić information content (AvgIpc) is 2.35. The first kappa shape index (κ1) is 13.4. The number of carbonyl (C=O) groups is 1. The quantitative estimate of drug-likeness (QED) is 0.859. The van der Waals surface area contributed by atoms with Crippen LogP contribution in [0.2, 0.25) is 5.02 Å². The van der Waals surface area contributed by atoms with Crippen LogP contribution in [0.25, 0.3) is 17.0 Å². The van der Waals surface area contributed by atoms with Crippen LogP contribution in [0, 0.1) is 6.92 Å². The summed E-state index contributed by atoms with van der Waals surface area (Å²) in [5.41, 5.74) is 1.47. The molecule has 0 spiro atoms. The number of pyridine rings is 1. The fraction of sp³-hybridized carbons (Fsp3) is 0.143. The highest BCUT2D eigenvalue weighted by molar-refractivity contribution is 6.35. The molecular weight excluding hydrogens is 266 g/mol. The predicted molar refractivity (Wildman–Crippen MR) is 75.6 cm³/mol. The van der Waals surface area contributed by atoms with E-state index < -0.39 is 5.97 Å². The number of fused-ring (bicyclic) bond motifs is 1. The molecule has 0 aliphatic heterocycles. The van der Waals surface area contributed by atoms with Crippen LogP contribution in [0.5, 0.6) is 0 Å². The molecule has 0 fully saturated rings. The molecule has 0 saturated carbocycles. The minimum absolute atomic E-state index is 0.268. The third kappa shape index (κ3) is 2.27. The van der Waals surface area contributed by atoms with Crippen LogP contribution in [0.4, 0.5) is 0 Å². The molecule has 0 aliphatic rings. The number of carboxylic acids is 1. The highest BCUT2D eigenvalue weighted by atomic mass is 35.5. The number of nitrogens with zero attached hydrogens (tertiary/aromatic N) is 1. The van der Waals surface area contributed by atoms with E-state index in [1.54, 1.807) is 26.1 Å². The van der Waals surface area contributed by atoms with Crippen LogP contribution >= 0.6 is 11.6 Å². The first-order valence-corrected chi connectivity index (χ1v) is 6.00. The molecule has 0 radical (unpaired) electrons. The number of hydrogen-bond acceptors (Lipinski definition) is 2. The van der Waals surface area contributed by atoms with Crippen molar-refractivity contribution in [3.05, 3.63) is 50.8 Å². The van der Waals surface area contributed by atoms with Gasteiger partial charge in [-0.25, -0.2) is 4.79 Å². The standard InChI is InChI=1S/C14H12ClNO3/c1-8-9-4-3-5-11(15)13(9)16(2)14(19)10(8)6-7-12(17)18/h3-7H,1-2H3,(H,17,18)/b7-6+. The van der Waals surface area contributed by atoms with E-state index in [0.29, 0.717) is 16.1 Å². The number of aromatic nitrogens is 1. The first-order valence-electron chi connectivity index (χ1n) is 5.62. The average molecular weight is 278 g/mol. The Morgan fingerprint density at radius 2 is 2.11 bits per heavy atom. The summed E-state index contributed by atoms with van der Waals surface area (Å²) in [6.07, 6.45) is 2.28. The first-order chi connectivity index (χ1) is 8.93. The Labute approximate surface area is 114 Å². The van der Waals surface area contributed by atoms with Gasteiger partial charge in [0.2, 0.25) is 0 Å². The Morgan fingerprint density at radius 1 is 1.42 bits per heavy atom. The molecule has 0 saturated heterocycles. The van der Waals surface area contributed by atoms with Crippen molar-refractivity contribution in [2.24, 2.45) is 7.05 Å². The van der Waals surface area contributed by atoms with Crippen molar-refractivity contribution >= 4 is 34.5 Å². The smallest absolute Gasteiger partial charge is 0.328 e. The van der Waals surface area contributed by atoms with Gasteiger partial charge in [0.25, 0.3) is 5.56 Å². The molecule has 19 heavy (non-hydrogen) atoms. The molecule has 1 aromatic heterocycles. The Hall–Kier alpha value is -2.07. The molecule has 4 nitrogen and oxygen atoms in total. The molecule has 0 bridgehead atoms. The van der Waals surface area contributed by atoms with Gasteiger partial charge in [0.1, 0.15) is 0 Å². The molecular formula is C14H12ClNO3. The normalized spacial score (nSPS) is 11.3. The highest BCUT2D eigenvalue weighted by Gasteiger charge is 2.12. The van der Waals surface area contributed by atoms with Crippen molar-refractivity contribution < 1.29 is 9.90 Å². The lowest BCUT2D eigenvalue weighted by molar-refractivity contribution is -0.131. The van der Waals surface area contributed by atoms with Gasteiger partial charge in [0.15, 0.2) is 0 Å². The fourth-order valence-corrected chi connectivity index (χ4v) is 2.40. The molecule has 0 atom stereocenters. The van der Waals surface area contributed by atoms with Crippen molar-refractivity contribution in [2.45, 2.75) is 6.92 Å². The summed E-state index contributed by atoms with van der Waals surface area (Å²) < 4.78 is 1.44. The second kappa shape index (κ2) is 4.90. The molecule has 1 heterocycles. The number of para-hydroxylation sites is 1. The molecule has 1 N–H and O–H groups in total. The third-order valence-corrected chi connectivity index (χ3v) is 3.36. The SMILES string of the molecule is Cc1c(/C=C/C(=O)O)c(=O)n(C)c2c(Cl)cccc12. The monoisotopic (exact) mass is 277 g/mol. The number of aliphatic carboxylic acids is 1. The van der Waals surface area contributed by atoms with Crippen LogP contribution in [0.1, 0.15) is 11.1 Å². The highest BCUT2D eigenvalue weighted by Crippen LogP contribution is 2.25. The van der Waals surface area contributed by atoms with Gasteiger partial charge in [-0.15, -0.1) is 0 Å². The molecule has 0 aliphatic carbocycles. The van der Waals surface area contributed by atoms with E-state index in [1.165, 1.54) is 10.6 Å². The van der Waals surface area contributed by atoms with Crippen LogP contribution in [0.3, 0.4) is 0 Å². The number of halogens is 1. The Balaban J connectivity index is 2.89. The Morgan fingerprint density at radius 3 is 2.74 bits per heavy atom. The van der Waals surface area contributed by atoms with Gasteiger partial charge in [0.05, 0.1) is 10.5 Å². The molecule has 0 amide bonds. The summed E-state index contributed by atoms with van der Waals surface area (Å²) in [6, 6.07) is 5.37. The van der Waals surface area contributed by atoms with Crippen LogP contribution < -0.4 is 5.56 Å². The van der Waals surface area contributed by atoms with Crippen LogP contribution in [-0.4, -0.2) is 15.6 Å². The lowest BCUT2D eigenvalue weighted by Crippen LogP contribution is -2.21. The van der Waals surface area contributed by atoms with E-state index in [2.05, 4.69) is 0 Å². The maximum absolute atomic E-state index is 12.2. The lowest BCUT2D eigenvalue weighted by atomic mass is 10.0. The predicted octanol–water partition coefficient (Wildman–Crippen LogP) is 2.60. The lowest BCUT2D eigenvalue weighted by Gasteiger charge is -2.11. The summed E-state index contributed by atoms with van der Waals surface area (Å²) in [6.45, 7) is 1.78. The van der Waals surface area contributed by atoms with Gasteiger partial charge in [-0.1, -0.05) is 23.7 Å². The van der Waals surface area contributed by atoms with E-state index in [9.17, 15) is 9.59 Å². The topological polar surface area (TPSA) is 59.3 Å². The molecule has 2 rings (SSSR count). The second-order valence-electron chi connectivity index (χ2n) is 4.21. The zero-order chi connectivity index (χ0) is 14.2. The number of rotatable bonds is 2. The minimum Gasteiger partial charge on any atom is -0.478 e. The number of hydrogen-bond donors (Lipinski definition) is 1. The van der Waals surface area contributed by atoms with E-state index in [4.69, 9.17) is 16.7 Å². The summed E-state index contributed by atoms with van der Waals surface area (Å²) >= 11 is 6.11. The minimum atomic E-state index is -1.09. The van der Waals surface area contributed by atoms with Gasteiger partial charge in [-0.3, -0.25) is 4.79 Å². The van der Waals surface area contributed by atoms with Gasteiger partial charge in [0, 0.05) is 24.1 Å². The Bertz CT molecular complexity index is 759. The van der Waals surface area contributed by atoms with Crippen molar-refractivity contribution in [2.75, 3.05) is 0 Å². The van der Waals surface area contributed by atoms with Crippen LogP contribution in [-0.2, 0) is 11.8 Å². The summed E-state index contributed by atoms with van der Waals surface area (Å²) in [4.78, 5) is 22.8. The van der Waals surface area contributed by atoms with Crippen molar-refractivity contribution in [1.29, 1.82) is 0 Å². The third-order valence-electron chi connectivity index (χ3n) is 3.06. The van der Waals surface area contributed by atoms with E-state index >= 15 is 0 Å². The molecule has 0 unspecified atom stereocenters. The van der Waals surface area contributed by atoms with Crippen LogP contribution in [0.15, 0.2) is 29.1 Å². The zero-order valence-electron chi connectivity index (χ0n) is 10.5.